The first-order valence-corrected chi connectivity index (χ1v) is 8.30. The Morgan fingerprint density at radius 2 is 1.95 bits per heavy atom. The number of anilines is 1. The molecule has 2 nitrogen and oxygen atoms in total. The van der Waals surface area contributed by atoms with E-state index >= 15 is 0 Å². The number of piperidine rings is 1. The van der Waals surface area contributed by atoms with E-state index in [1.54, 1.807) is 0 Å². The van der Waals surface area contributed by atoms with E-state index in [1.807, 2.05) is 7.05 Å². The van der Waals surface area contributed by atoms with Crippen molar-refractivity contribution >= 4 is 5.69 Å². The van der Waals surface area contributed by atoms with Crippen LogP contribution < -0.4 is 10.2 Å². The molecule has 3 rings (SSSR count). The van der Waals surface area contributed by atoms with Crippen molar-refractivity contribution in [2.75, 3.05) is 18.5 Å². The van der Waals surface area contributed by atoms with E-state index < -0.39 is 0 Å². The summed E-state index contributed by atoms with van der Waals surface area (Å²) in [5, 5.41) is 3.34. The van der Waals surface area contributed by atoms with Crippen LogP contribution in [-0.2, 0) is 6.54 Å². The van der Waals surface area contributed by atoms with E-state index in [-0.39, 0.29) is 0 Å². The van der Waals surface area contributed by atoms with Crippen LogP contribution in [0.2, 0.25) is 0 Å². The van der Waals surface area contributed by atoms with Gasteiger partial charge in [-0.2, -0.15) is 0 Å². The van der Waals surface area contributed by atoms with Crippen molar-refractivity contribution in [3.63, 3.8) is 0 Å². The third-order valence-corrected chi connectivity index (χ3v) is 5.15. The molecular weight excluding hydrogens is 244 g/mol. The van der Waals surface area contributed by atoms with Crippen LogP contribution in [0.1, 0.15) is 49.7 Å². The van der Waals surface area contributed by atoms with Crippen molar-refractivity contribution in [3.8, 4) is 0 Å². The summed E-state index contributed by atoms with van der Waals surface area (Å²) in [7, 11) is 2.05. The molecule has 1 saturated heterocycles. The summed E-state index contributed by atoms with van der Waals surface area (Å²) in [5.74, 6) is 0.946. The van der Waals surface area contributed by atoms with Crippen molar-refractivity contribution in [2.45, 2.75) is 58.0 Å². The fourth-order valence-electron chi connectivity index (χ4n) is 4.25. The summed E-state index contributed by atoms with van der Waals surface area (Å²) in [4.78, 5) is 2.74. The van der Waals surface area contributed by atoms with Gasteiger partial charge in [0.25, 0.3) is 0 Å². The molecule has 1 N–H and O–H groups in total. The molecule has 1 aliphatic heterocycles. The molecule has 0 amide bonds. The van der Waals surface area contributed by atoms with Gasteiger partial charge >= 0.3 is 0 Å². The monoisotopic (exact) mass is 272 g/mol. The molecule has 1 heterocycles. The SMILES string of the molecule is CNCc1cc(C)ccc1N1CCC[C@H]2CCCC[C@H]21. The first-order chi connectivity index (χ1) is 9.79. The van der Waals surface area contributed by atoms with Gasteiger partial charge in [0, 0.05) is 24.8 Å². The Bertz CT molecular complexity index is 453. The Labute approximate surface area is 123 Å². The third kappa shape index (κ3) is 2.71. The Hall–Kier alpha value is -1.02. The summed E-state index contributed by atoms with van der Waals surface area (Å²) in [5.41, 5.74) is 4.33. The van der Waals surface area contributed by atoms with E-state index in [9.17, 15) is 0 Å². The molecule has 2 aliphatic rings. The zero-order valence-electron chi connectivity index (χ0n) is 13.0. The highest BCUT2D eigenvalue weighted by molar-refractivity contribution is 5.56. The van der Waals surface area contributed by atoms with Gasteiger partial charge in [0.1, 0.15) is 0 Å². The number of nitrogens with one attached hydrogen (secondary N) is 1. The molecule has 0 unspecified atom stereocenters. The van der Waals surface area contributed by atoms with Gasteiger partial charge in [-0.1, -0.05) is 30.5 Å². The normalized spacial score (nSPS) is 26.4. The van der Waals surface area contributed by atoms with Gasteiger partial charge in [0.05, 0.1) is 0 Å². The highest BCUT2D eigenvalue weighted by atomic mass is 15.2. The highest BCUT2D eigenvalue weighted by Crippen LogP contribution is 2.38. The van der Waals surface area contributed by atoms with Crippen LogP contribution in [0.5, 0.6) is 0 Å². The molecule has 1 aromatic carbocycles. The van der Waals surface area contributed by atoms with Crippen LogP contribution in [-0.4, -0.2) is 19.6 Å². The Morgan fingerprint density at radius 3 is 2.80 bits per heavy atom. The topological polar surface area (TPSA) is 15.3 Å². The lowest BCUT2D eigenvalue weighted by Crippen LogP contribution is -2.47. The summed E-state index contributed by atoms with van der Waals surface area (Å²) >= 11 is 0. The second-order valence-electron chi connectivity index (χ2n) is 6.61. The molecule has 1 aliphatic carbocycles. The van der Waals surface area contributed by atoms with Gasteiger partial charge in [0.15, 0.2) is 0 Å². The molecule has 0 aromatic heterocycles. The summed E-state index contributed by atoms with van der Waals surface area (Å²) in [6, 6.07) is 7.80. The first-order valence-electron chi connectivity index (χ1n) is 8.30. The Balaban J connectivity index is 1.90. The summed E-state index contributed by atoms with van der Waals surface area (Å²) in [6.45, 7) is 4.42. The zero-order chi connectivity index (χ0) is 13.9. The van der Waals surface area contributed by atoms with Gasteiger partial charge < -0.3 is 10.2 Å². The number of benzene rings is 1. The average molecular weight is 272 g/mol. The van der Waals surface area contributed by atoms with E-state index in [2.05, 4.69) is 35.3 Å². The van der Waals surface area contributed by atoms with Crippen molar-refractivity contribution in [3.05, 3.63) is 29.3 Å². The number of rotatable bonds is 3. The molecule has 1 saturated carbocycles. The van der Waals surface area contributed by atoms with Gasteiger partial charge in [0.2, 0.25) is 0 Å². The molecule has 0 radical (unpaired) electrons. The number of hydrogen-bond donors (Lipinski definition) is 1. The van der Waals surface area contributed by atoms with E-state index in [0.29, 0.717) is 0 Å². The Morgan fingerprint density at radius 1 is 1.15 bits per heavy atom. The van der Waals surface area contributed by atoms with E-state index in [1.165, 1.54) is 61.9 Å². The number of nitrogens with zero attached hydrogens (tertiary/aromatic N) is 1. The lowest BCUT2D eigenvalue weighted by molar-refractivity contribution is 0.243. The van der Waals surface area contributed by atoms with Gasteiger partial charge in [-0.05, 0) is 57.2 Å². The minimum atomic E-state index is 0.802. The lowest BCUT2D eigenvalue weighted by Gasteiger charge is -2.46. The van der Waals surface area contributed by atoms with Gasteiger partial charge in [-0.15, -0.1) is 0 Å². The van der Waals surface area contributed by atoms with Gasteiger partial charge in [-0.25, -0.2) is 0 Å². The second-order valence-corrected chi connectivity index (χ2v) is 6.61. The van der Waals surface area contributed by atoms with E-state index in [4.69, 9.17) is 0 Å². The lowest BCUT2D eigenvalue weighted by atomic mass is 9.78. The van der Waals surface area contributed by atoms with E-state index in [0.717, 1.165) is 18.5 Å². The maximum Gasteiger partial charge on any atom is 0.0414 e. The first kappa shape index (κ1) is 13.9. The number of hydrogen-bond acceptors (Lipinski definition) is 2. The molecule has 1 aromatic rings. The van der Waals surface area contributed by atoms with Crippen LogP contribution in [0.4, 0.5) is 5.69 Å². The van der Waals surface area contributed by atoms with Crippen LogP contribution in [0, 0.1) is 12.8 Å². The predicted octanol–water partition coefficient (Wildman–Crippen LogP) is 3.87. The molecule has 0 spiro atoms. The molecule has 0 bridgehead atoms. The molecule has 2 atom stereocenters. The van der Waals surface area contributed by atoms with Crippen LogP contribution >= 0.6 is 0 Å². The van der Waals surface area contributed by atoms with Crippen LogP contribution in [0.3, 0.4) is 0 Å². The fraction of sp³-hybridized carbons (Fsp3) is 0.667. The summed E-state index contributed by atoms with van der Waals surface area (Å²) in [6.07, 6.45) is 8.55. The quantitative estimate of drug-likeness (QED) is 0.898. The molecule has 20 heavy (non-hydrogen) atoms. The second kappa shape index (κ2) is 6.17. The standard InChI is InChI=1S/C18H28N2/c1-14-9-10-18(16(12-14)13-19-2)20-11-5-7-15-6-3-4-8-17(15)20/h9-10,12,15,17,19H,3-8,11,13H2,1-2H3/t15-,17-/m1/s1. The molecule has 2 fully saturated rings. The van der Waals surface area contributed by atoms with Crippen molar-refractivity contribution in [1.29, 1.82) is 0 Å². The van der Waals surface area contributed by atoms with Crippen molar-refractivity contribution < 1.29 is 0 Å². The van der Waals surface area contributed by atoms with Gasteiger partial charge in [-0.3, -0.25) is 0 Å². The van der Waals surface area contributed by atoms with Crippen LogP contribution in [0.15, 0.2) is 18.2 Å². The largest absolute Gasteiger partial charge is 0.368 e. The smallest absolute Gasteiger partial charge is 0.0414 e. The maximum atomic E-state index is 3.34. The zero-order valence-corrected chi connectivity index (χ0v) is 13.0. The maximum absolute atomic E-state index is 3.34. The average Bonchev–Trinajstić information content (AvgIpc) is 2.47. The number of aryl methyl sites for hydroxylation is 1. The molecule has 110 valence electrons. The molecular formula is C18H28N2. The minimum absolute atomic E-state index is 0.802. The summed E-state index contributed by atoms with van der Waals surface area (Å²) < 4.78 is 0. The Kier molecular flexibility index (Phi) is 4.30. The van der Waals surface area contributed by atoms with Crippen molar-refractivity contribution in [2.24, 2.45) is 5.92 Å². The predicted molar refractivity (Wildman–Crippen MR) is 86.3 cm³/mol. The van der Waals surface area contributed by atoms with Crippen LogP contribution in [0.25, 0.3) is 0 Å². The minimum Gasteiger partial charge on any atom is -0.368 e. The highest BCUT2D eigenvalue weighted by Gasteiger charge is 2.33. The molecule has 2 heteroatoms. The third-order valence-electron chi connectivity index (χ3n) is 5.15. The fourth-order valence-corrected chi connectivity index (χ4v) is 4.25. The number of fused-ring (bicyclic) bond motifs is 1. The van der Waals surface area contributed by atoms with Crippen molar-refractivity contribution in [1.82, 2.24) is 5.32 Å².